The fourth-order valence-electron chi connectivity index (χ4n) is 2.14. The van der Waals surface area contributed by atoms with E-state index in [0.717, 1.165) is 0 Å². The molecule has 0 amide bonds. The van der Waals surface area contributed by atoms with Gasteiger partial charge in [-0.25, -0.2) is 0 Å². The molecule has 0 radical (unpaired) electrons. The van der Waals surface area contributed by atoms with E-state index in [1.807, 2.05) is 0 Å². The molecule has 1 aliphatic carbocycles. The van der Waals surface area contributed by atoms with Crippen molar-refractivity contribution in [2.45, 2.75) is 50.6 Å². The van der Waals surface area contributed by atoms with Gasteiger partial charge in [0.15, 0.2) is 5.60 Å². The topological polar surface area (TPSA) is 9.23 Å². The van der Waals surface area contributed by atoms with Crippen LogP contribution in [0.3, 0.4) is 0 Å². The third-order valence-electron chi connectivity index (χ3n) is 3.23. The molecule has 0 aliphatic heterocycles. The van der Waals surface area contributed by atoms with Crippen molar-refractivity contribution >= 4 is 0 Å². The van der Waals surface area contributed by atoms with Crippen LogP contribution in [0.2, 0.25) is 0 Å². The molecule has 1 atom stereocenters. The summed E-state index contributed by atoms with van der Waals surface area (Å²) in [6.45, 7) is -1.14. The first-order valence-corrected chi connectivity index (χ1v) is 5.34. The fraction of sp³-hybridized carbons (Fsp3) is 1.00. The molecule has 0 heterocycles. The van der Waals surface area contributed by atoms with Gasteiger partial charge in [-0.1, -0.05) is 12.8 Å². The zero-order valence-corrected chi connectivity index (χ0v) is 9.29. The van der Waals surface area contributed by atoms with Crippen molar-refractivity contribution in [3.63, 3.8) is 0 Å². The van der Waals surface area contributed by atoms with Gasteiger partial charge in [-0.05, 0) is 25.7 Å². The molecule has 0 N–H and O–H groups in total. The number of hydrogen-bond donors (Lipinski definition) is 0. The van der Waals surface area contributed by atoms with Crippen molar-refractivity contribution in [2.75, 3.05) is 6.61 Å². The molecule has 0 bridgehead atoms. The lowest BCUT2D eigenvalue weighted by atomic mass is 9.87. The van der Waals surface area contributed by atoms with E-state index in [1.54, 1.807) is 0 Å². The van der Waals surface area contributed by atoms with Gasteiger partial charge in [0.1, 0.15) is 6.61 Å². The Morgan fingerprint density at radius 1 is 1.00 bits per heavy atom. The predicted molar refractivity (Wildman–Crippen MR) is 48.4 cm³/mol. The van der Waals surface area contributed by atoms with Crippen LogP contribution in [0.4, 0.5) is 26.3 Å². The minimum absolute atomic E-state index is 0.258. The highest BCUT2D eigenvalue weighted by atomic mass is 19.4. The van der Waals surface area contributed by atoms with Gasteiger partial charge in [0.2, 0.25) is 0 Å². The maximum absolute atomic E-state index is 12.8. The van der Waals surface area contributed by atoms with Gasteiger partial charge >= 0.3 is 12.4 Å². The van der Waals surface area contributed by atoms with E-state index in [1.165, 1.54) is 0 Å². The van der Waals surface area contributed by atoms with Crippen LogP contribution in [0.15, 0.2) is 0 Å². The van der Waals surface area contributed by atoms with Crippen LogP contribution >= 0.6 is 0 Å². The summed E-state index contributed by atoms with van der Waals surface area (Å²) in [6.07, 6.45) is -7.81. The summed E-state index contributed by atoms with van der Waals surface area (Å²) in [6, 6.07) is 0. The molecule has 0 aromatic heterocycles. The third kappa shape index (κ3) is 3.50. The molecule has 0 aromatic rings. The highest BCUT2D eigenvalue weighted by Crippen LogP contribution is 2.46. The summed E-state index contributed by atoms with van der Waals surface area (Å²) in [5, 5.41) is 0. The Morgan fingerprint density at radius 3 is 1.82 bits per heavy atom. The Hall–Kier alpha value is -0.460. The Kier molecular flexibility index (Phi) is 4.01. The second-order valence-electron chi connectivity index (χ2n) is 4.49. The number of alkyl halides is 6. The minimum Gasteiger partial charge on any atom is -0.356 e. The van der Waals surface area contributed by atoms with E-state index in [2.05, 4.69) is 4.74 Å². The molecule has 17 heavy (non-hydrogen) atoms. The summed E-state index contributed by atoms with van der Waals surface area (Å²) in [5.74, 6) is -0.884. The predicted octanol–water partition coefficient (Wildman–Crippen LogP) is 4.08. The number of halogens is 6. The Bertz CT molecular complexity index is 253. The lowest BCUT2D eigenvalue weighted by Crippen LogP contribution is -2.51. The lowest BCUT2D eigenvalue weighted by Gasteiger charge is -2.37. The summed E-state index contributed by atoms with van der Waals surface area (Å²) in [4.78, 5) is 0. The van der Waals surface area contributed by atoms with Crippen molar-refractivity contribution < 1.29 is 31.1 Å². The first-order valence-electron chi connectivity index (χ1n) is 5.34. The smallest absolute Gasteiger partial charge is 0.356 e. The number of hydrogen-bond acceptors (Lipinski definition) is 1. The average molecular weight is 264 g/mol. The zero-order valence-electron chi connectivity index (χ0n) is 9.29. The fourth-order valence-corrected chi connectivity index (χ4v) is 2.14. The first-order chi connectivity index (χ1) is 7.56. The second-order valence-corrected chi connectivity index (χ2v) is 4.49. The van der Waals surface area contributed by atoms with Crippen molar-refractivity contribution in [1.29, 1.82) is 0 Å². The Morgan fingerprint density at radius 2 is 1.47 bits per heavy atom. The van der Waals surface area contributed by atoms with E-state index < -0.39 is 30.5 Å². The third-order valence-corrected chi connectivity index (χ3v) is 3.23. The molecule has 1 aliphatic rings. The highest BCUT2D eigenvalue weighted by Gasteiger charge is 2.58. The number of ether oxygens (including phenoxy) is 1. The van der Waals surface area contributed by atoms with Gasteiger partial charge in [-0.15, -0.1) is 0 Å². The van der Waals surface area contributed by atoms with Crippen LogP contribution < -0.4 is 0 Å². The molecule has 0 saturated heterocycles. The van der Waals surface area contributed by atoms with Crippen LogP contribution in [0, 0.1) is 5.92 Å². The van der Waals surface area contributed by atoms with E-state index in [-0.39, 0.29) is 12.8 Å². The molecule has 0 aromatic carbocycles. The van der Waals surface area contributed by atoms with Gasteiger partial charge in [0, 0.05) is 0 Å². The maximum atomic E-state index is 12.8. The van der Waals surface area contributed by atoms with E-state index >= 15 is 0 Å². The van der Waals surface area contributed by atoms with E-state index in [9.17, 15) is 26.3 Å². The van der Waals surface area contributed by atoms with Crippen LogP contribution in [0.25, 0.3) is 0 Å². The number of rotatable bonds is 3. The van der Waals surface area contributed by atoms with Crippen molar-refractivity contribution in [3.8, 4) is 0 Å². The Labute approximate surface area is 95.1 Å². The molecular formula is C10H14F6O. The Balaban J connectivity index is 2.79. The van der Waals surface area contributed by atoms with Gasteiger partial charge < -0.3 is 4.74 Å². The average Bonchev–Trinajstić information content (AvgIpc) is 2.63. The highest BCUT2D eigenvalue weighted by molar-refractivity contribution is 4.93. The summed E-state index contributed by atoms with van der Waals surface area (Å²) < 4.78 is 78.6. The summed E-state index contributed by atoms with van der Waals surface area (Å²) in [7, 11) is 0. The summed E-state index contributed by atoms with van der Waals surface area (Å²) >= 11 is 0. The molecule has 1 nitrogen and oxygen atoms in total. The molecule has 1 fully saturated rings. The zero-order chi connectivity index (χ0) is 13.3. The van der Waals surface area contributed by atoms with Crippen molar-refractivity contribution in [2.24, 2.45) is 5.92 Å². The van der Waals surface area contributed by atoms with Crippen LogP contribution in [-0.4, -0.2) is 24.6 Å². The van der Waals surface area contributed by atoms with Crippen LogP contribution in [-0.2, 0) is 4.74 Å². The SMILES string of the molecule is CC(OCC(F)(F)F)(C1CCCC1)C(F)(F)F. The largest absolute Gasteiger partial charge is 0.417 e. The van der Waals surface area contributed by atoms with Gasteiger partial charge in [0.25, 0.3) is 0 Å². The monoisotopic (exact) mass is 264 g/mol. The van der Waals surface area contributed by atoms with E-state index in [4.69, 9.17) is 0 Å². The molecule has 1 unspecified atom stereocenters. The van der Waals surface area contributed by atoms with Crippen LogP contribution in [0.1, 0.15) is 32.6 Å². The normalized spacial score (nSPS) is 22.8. The molecular weight excluding hydrogens is 250 g/mol. The maximum Gasteiger partial charge on any atom is 0.417 e. The van der Waals surface area contributed by atoms with E-state index in [0.29, 0.717) is 19.8 Å². The molecule has 1 rings (SSSR count). The molecule has 7 heteroatoms. The quantitative estimate of drug-likeness (QED) is 0.698. The summed E-state index contributed by atoms with van der Waals surface area (Å²) in [5.41, 5.74) is -2.70. The van der Waals surface area contributed by atoms with Crippen LogP contribution in [0.5, 0.6) is 0 Å². The van der Waals surface area contributed by atoms with Gasteiger partial charge in [-0.3, -0.25) is 0 Å². The van der Waals surface area contributed by atoms with Crippen molar-refractivity contribution in [3.05, 3.63) is 0 Å². The molecule has 1 saturated carbocycles. The van der Waals surface area contributed by atoms with Crippen molar-refractivity contribution in [1.82, 2.24) is 0 Å². The van der Waals surface area contributed by atoms with Gasteiger partial charge in [0.05, 0.1) is 0 Å². The van der Waals surface area contributed by atoms with Gasteiger partial charge in [-0.2, -0.15) is 26.3 Å². The lowest BCUT2D eigenvalue weighted by molar-refractivity contribution is -0.313. The minimum atomic E-state index is -4.78. The molecule has 102 valence electrons. The first kappa shape index (κ1) is 14.6. The molecule has 0 spiro atoms. The standard InChI is InChI=1S/C10H14F6O/c1-8(10(14,15)16,7-4-2-3-5-7)17-6-9(11,12)13/h7H,2-6H2,1H3. The second kappa shape index (κ2) is 4.66.